The van der Waals surface area contributed by atoms with Gasteiger partial charge in [0.1, 0.15) is 5.82 Å². The fraction of sp³-hybridized carbons (Fsp3) is 0.250. The number of fused-ring (bicyclic) bond motifs is 1. The van der Waals surface area contributed by atoms with E-state index in [-0.39, 0.29) is 11.5 Å². The van der Waals surface area contributed by atoms with Gasteiger partial charge in [0, 0.05) is 24.4 Å². The summed E-state index contributed by atoms with van der Waals surface area (Å²) in [4.78, 5) is 33.3. The van der Waals surface area contributed by atoms with Crippen molar-refractivity contribution in [1.82, 2.24) is 14.5 Å². The Kier molecular flexibility index (Phi) is 6.68. The molecule has 35 heavy (non-hydrogen) atoms. The highest BCUT2D eigenvalue weighted by molar-refractivity contribution is 7.98. The molecule has 3 aromatic carbocycles. The Morgan fingerprint density at radius 3 is 2.51 bits per heavy atom. The standard InChI is InChI=1S/C28H26FN3O2S/c1-19-8-10-20(11-9-19)18-35-28-30-25-16-21(26(33)31-14-3-2-4-15-31)12-13-24(25)27(34)32(28)23-7-5-6-22(29)17-23/h5-13,16-17H,2-4,14-15,18H2,1H3. The van der Waals surface area contributed by atoms with Crippen molar-refractivity contribution < 1.29 is 9.18 Å². The Labute approximate surface area is 207 Å². The van der Waals surface area contributed by atoms with Crippen LogP contribution in [0.3, 0.4) is 0 Å². The first kappa shape index (κ1) is 23.3. The van der Waals surface area contributed by atoms with Gasteiger partial charge in [-0.05, 0) is 68.1 Å². The number of benzene rings is 3. The van der Waals surface area contributed by atoms with Crippen LogP contribution in [0.4, 0.5) is 4.39 Å². The highest BCUT2D eigenvalue weighted by atomic mass is 32.2. The Hall–Kier alpha value is -3.45. The maximum absolute atomic E-state index is 14.1. The lowest BCUT2D eigenvalue weighted by Crippen LogP contribution is -2.35. The van der Waals surface area contributed by atoms with E-state index < -0.39 is 5.82 Å². The van der Waals surface area contributed by atoms with E-state index in [1.165, 1.54) is 34.0 Å². The second-order valence-corrected chi connectivity index (χ2v) is 9.82. The molecule has 0 radical (unpaired) electrons. The molecule has 0 atom stereocenters. The molecule has 1 aliphatic heterocycles. The summed E-state index contributed by atoms with van der Waals surface area (Å²) in [5, 5.41) is 0.848. The van der Waals surface area contributed by atoms with Crippen LogP contribution in [-0.4, -0.2) is 33.4 Å². The highest BCUT2D eigenvalue weighted by Gasteiger charge is 2.20. The number of aromatic nitrogens is 2. The van der Waals surface area contributed by atoms with Crippen LogP contribution in [0.1, 0.15) is 40.7 Å². The molecule has 0 bridgehead atoms. The Balaban J connectivity index is 1.58. The number of hydrogen-bond acceptors (Lipinski definition) is 4. The number of carbonyl (C=O) groups is 1. The monoisotopic (exact) mass is 487 g/mol. The minimum absolute atomic E-state index is 0.0310. The summed E-state index contributed by atoms with van der Waals surface area (Å²) in [6.45, 7) is 3.54. The zero-order valence-corrected chi connectivity index (χ0v) is 20.4. The molecule has 7 heteroatoms. The van der Waals surface area contributed by atoms with Crippen LogP contribution in [0.25, 0.3) is 16.6 Å². The van der Waals surface area contributed by atoms with Gasteiger partial charge in [-0.25, -0.2) is 9.37 Å². The van der Waals surface area contributed by atoms with E-state index in [2.05, 4.69) is 0 Å². The van der Waals surface area contributed by atoms with Crippen molar-refractivity contribution in [2.45, 2.75) is 37.1 Å². The SMILES string of the molecule is Cc1ccc(CSc2nc3cc(C(=O)N4CCCCC4)ccc3c(=O)n2-c2cccc(F)c2)cc1. The van der Waals surface area contributed by atoms with Gasteiger partial charge in [0.2, 0.25) is 0 Å². The lowest BCUT2D eigenvalue weighted by Gasteiger charge is -2.26. The van der Waals surface area contributed by atoms with Crippen molar-refractivity contribution in [2.24, 2.45) is 0 Å². The molecule has 178 valence electrons. The summed E-state index contributed by atoms with van der Waals surface area (Å²) in [7, 11) is 0. The second-order valence-electron chi connectivity index (χ2n) is 8.87. The number of nitrogens with zero attached hydrogens (tertiary/aromatic N) is 3. The molecule has 5 nitrogen and oxygen atoms in total. The van der Waals surface area contributed by atoms with Gasteiger partial charge in [0.25, 0.3) is 11.5 Å². The third kappa shape index (κ3) is 5.00. The minimum atomic E-state index is -0.425. The molecule has 2 heterocycles. The van der Waals surface area contributed by atoms with Crippen LogP contribution in [0.5, 0.6) is 0 Å². The van der Waals surface area contributed by atoms with Crippen LogP contribution < -0.4 is 5.56 Å². The third-order valence-electron chi connectivity index (χ3n) is 6.28. The number of aryl methyl sites for hydroxylation is 1. The molecular weight excluding hydrogens is 461 g/mol. The number of amides is 1. The first-order valence-corrected chi connectivity index (χ1v) is 12.8. The van der Waals surface area contributed by atoms with E-state index in [1.54, 1.807) is 30.3 Å². The molecule has 1 amide bonds. The van der Waals surface area contributed by atoms with Gasteiger partial charge in [0.05, 0.1) is 16.6 Å². The second kappa shape index (κ2) is 10.0. The van der Waals surface area contributed by atoms with E-state index in [0.717, 1.165) is 37.9 Å². The largest absolute Gasteiger partial charge is 0.339 e. The number of hydrogen-bond donors (Lipinski definition) is 0. The lowest BCUT2D eigenvalue weighted by molar-refractivity contribution is 0.0724. The van der Waals surface area contributed by atoms with E-state index >= 15 is 0 Å². The summed E-state index contributed by atoms with van der Waals surface area (Å²) in [5.41, 5.74) is 3.40. The number of thioether (sulfide) groups is 1. The van der Waals surface area contributed by atoms with Crippen molar-refractivity contribution in [3.63, 3.8) is 0 Å². The van der Waals surface area contributed by atoms with Gasteiger partial charge in [0.15, 0.2) is 5.16 Å². The van der Waals surface area contributed by atoms with Crippen molar-refractivity contribution in [3.8, 4) is 5.69 Å². The summed E-state index contributed by atoms with van der Waals surface area (Å²) < 4.78 is 15.5. The van der Waals surface area contributed by atoms with E-state index in [9.17, 15) is 14.0 Å². The predicted octanol–water partition coefficient (Wildman–Crippen LogP) is 5.75. The molecule has 0 aliphatic carbocycles. The predicted molar refractivity (Wildman–Crippen MR) is 138 cm³/mol. The molecule has 1 fully saturated rings. The van der Waals surface area contributed by atoms with Crippen molar-refractivity contribution in [1.29, 1.82) is 0 Å². The average molecular weight is 488 g/mol. The van der Waals surface area contributed by atoms with Gasteiger partial charge in [-0.2, -0.15) is 0 Å². The molecule has 0 spiro atoms. The van der Waals surface area contributed by atoms with Gasteiger partial charge >= 0.3 is 0 Å². The summed E-state index contributed by atoms with van der Waals surface area (Å²) in [6, 6.07) is 19.2. The highest BCUT2D eigenvalue weighted by Crippen LogP contribution is 2.26. The molecule has 1 aliphatic rings. The van der Waals surface area contributed by atoms with Crippen molar-refractivity contribution in [2.75, 3.05) is 13.1 Å². The van der Waals surface area contributed by atoms with Crippen LogP contribution in [0.2, 0.25) is 0 Å². The fourth-order valence-corrected chi connectivity index (χ4v) is 5.32. The average Bonchev–Trinajstić information content (AvgIpc) is 2.88. The Morgan fingerprint density at radius 1 is 1.00 bits per heavy atom. The Bertz CT molecular complexity index is 1440. The van der Waals surface area contributed by atoms with Gasteiger partial charge < -0.3 is 4.90 Å². The molecular formula is C28H26FN3O2S. The van der Waals surface area contributed by atoms with Gasteiger partial charge in [-0.3, -0.25) is 14.2 Å². The van der Waals surface area contributed by atoms with Crippen LogP contribution in [-0.2, 0) is 5.75 Å². The summed E-state index contributed by atoms with van der Waals surface area (Å²) in [6.07, 6.45) is 3.16. The fourth-order valence-electron chi connectivity index (χ4n) is 4.35. The summed E-state index contributed by atoms with van der Waals surface area (Å²) >= 11 is 1.41. The van der Waals surface area contributed by atoms with Crippen molar-refractivity contribution >= 4 is 28.6 Å². The first-order chi connectivity index (χ1) is 17.0. The molecule has 4 aromatic rings. The quantitative estimate of drug-likeness (QED) is 0.266. The van der Waals surface area contributed by atoms with Gasteiger partial charge in [-0.1, -0.05) is 47.7 Å². The number of halogens is 1. The van der Waals surface area contributed by atoms with Crippen LogP contribution in [0.15, 0.2) is 76.7 Å². The molecule has 5 rings (SSSR count). The van der Waals surface area contributed by atoms with Crippen LogP contribution in [0, 0.1) is 12.7 Å². The molecule has 0 unspecified atom stereocenters. The van der Waals surface area contributed by atoms with E-state index in [1.807, 2.05) is 36.1 Å². The van der Waals surface area contributed by atoms with Crippen molar-refractivity contribution in [3.05, 3.63) is 99.6 Å². The Morgan fingerprint density at radius 2 is 1.77 bits per heavy atom. The third-order valence-corrected chi connectivity index (χ3v) is 7.29. The minimum Gasteiger partial charge on any atom is -0.339 e. The maximum Gasteiger partial charge on any atom is 0.266 e. The number of piperidine rings is 1. The normalized spacial score (nSPS) is 13.8. The summed E-state index contributed by atoms with van der Waals surface area (Å²) in [5.74, 6) is 0.142. The number of carbonyl (C=O) groups excluding carboxylic acids is 1. The van der Waals surface area contributed by atoms with Crippen LogP contribution >= 0.6 is 11.8 Å². The maximum atomic E-state index is 14.1. The van der Waals surface area contributed by atoms with E-state index in [0.29, 0.717) is 33.1 Å². The molecule has 0 saturated carbocycles. The zero-order valence-electron chi connectivity index (χ0n) is 19.5. The smallest absolute Gasteiger partial charge is 0.266 e. The molecule has 1 saturated heterocycles. The van der Waals surface area contributed by atoms with E-state index in [4.69, 9.17) is 4.98 Å². The number of likely N-dealkylation sites (tertiary alicyclic amines) is 1. The zero-order chi connectivity index (χ0) is 24.4. The topological polar surface area (TPSA) is 55.2 Å². The number of rotatable bonds is 5. The molecule has 1 aromatic heterocycles. The first-order valence-electron chi connectivity index (χ1n) is 11.8. The lowest BCUT2D eigenvalue weighted by atomic mass is 10.1. The van der Waals surface area contributed by atoms with Gasteiger partial charge in [-0.15, -0.1) is 0 Å². The molecule has 0 N–H and O–H groups in total.